The summed E-state index contributed by atoms with van der Waals surface area (Å²) in [5.74, 6) is 0. The first-order chi connectivity index (χ1) is 4.54. The van der Waals surface area contributed by atoms with E-state index in [2.05, 4.69) is 17.1 Å². The van der Waals surface area contributed by atoms with Crippen molar-refractivity contribution in [3.63, 3.8) is 0 Å². The maximum atomic E-state index is 5.67. The zero-order valence-electron chi connectivity index (χ0n) is 6.98. The Morgan fingerprint density at radius 1 is 1.70 bits per heavy atom. The number of nitrogens with zero attached hydrogens (tertiary/aromatic N) is 1. The fourth-order valence-corrected chi connectivity index (χ4v) is 0.614. The SMILES string of the molecule is CC(NC=C([SiH3])Cl)N(C)C. The zero-order valence-corrected chi connectivity index (χ0v) is 9.74. The molecule has 1 atom stereocenters. The first-order valence-electron chi connectivity index (χ1n) is 3.28. The lowest BCUT2D eigenvalue weighted by atomic mass is 10.5. The molecule has 0 aromatic heterocycles. The van der Waals surface area contributed by atoms with Crippen LogP contribution >= 0.6 is 11.6 Å². The molecule has 0 fully saturated rings. The summed E-state index contributed by atoms with van der Waals surface area (Å²) in [6.07, 6.45) is 2.21. The van der Waals surface area contributed by atoms with Gasteiger partial charge in [-0.05, 0) is 21.0 Å². The second-order valence-electron chi connectivity index (χ2n) is 2.54. The summed E-state index contributed by atoms with van der Waals surface area (Å²) >= 11 is 5.67. The maximum Gasteiger partial charge on any atom is 0.0754 e. The van der Waals surface area contributed by atoms with Gasteiger partial charge in [0.15, 0.2) is 0 Å². The second-order valence-corrected chi connectivity index (χ2v) is 4.84. The van der Waals surface area contributed by atoms with E-state index in [1.807, 2.05) is 20.3 Å². The van der Waals surface area contributed by atoms with E-state index in [0.717, 1.165) is 14.9 Å². The van der Waals surface area contributed by atoms with Gasteiger partial charge in [-0.2, -0.15) is 0 Å². The molecule has 0 aromatic carbocycles. The fourth-order valence-electron chi connectivity index (χ4n) is 0.385. The van der Waals surface area contributed by atoms with Crippen LogP contribution in [0, 0.1) is 0 Å². The number of nitrogens with one attached hydrogen (secondary N) is 1. The van der Waals surface area contributed by atoms with E-state index in [-0.39, 0.29) is 0 Å². The number of hydrogen-bond donors (Lipinski definition) is 1. The quantitative estimate of drug-likeness (QED) is 0.479. The summed E-state index contributed by atoms with van der Waals surface area (Å²) < 4.78 is 0.911. The highest BCUT2D eigenvalue weighted by Gasteiger charge is 1.98. The maximum absolute atomic E-state index is 5.67. The number of halogens is 1. The lowest BCUT2D eigenvalue weighted by Gasteiger charge is -2.19. The Morgan fingerprint density at radius 3 is 2.50 bits per heavy atom. The largest absolute Gasteiger partial charge is 0.375 e. The van der Waals surface area contributed by atoms with Gasteiger partial charge in [0.25, 0.3) is 0 Å². The Bertz CT molecular complexity index is 121. The van der Waals surface area contributed by atoms with Gasteiger partial charge < -0.3 is 5.32 Å². The van der Waals surface area contributed by atoms with Gasteiger partial charge in [-0.3, -0.25) is 4.90 Å². The van der Waals surface area contributed by atoms with Crippen LogP contribution in [0.15, 0.2) is 10.9 Å². The number of rotatable bonds is 3. The van der Waals surface area contributed by atoms with E-state index >= 15 is 0 Å². The van der Waals surface area contributed by atoms with E-state index in [0.29, 0.717) is 6.17 Å². The van der Waals surface area contributed by atoms with Crippen LogP contribution in [-0.4, -0.2) is 35.4 Å². The molecule has 4 heteroatoms. The first kappa shape index (κ1) is 10.0. The highest BCUT2D eigenvalue weighted by Crippen LogP contribution is 1.92. The van der Waals surface area contributed by atoms with Crippen molar-refractivity contribution < 1.29 is 0 Å². The van der Waals surface area contributed by atoms with Gasteiger partial charge in [0.05, 0.1) is 16.4 Å². The van der Waals surface area contributed by atoms with Crippen molar-refractivity contribution in [2.24, 2.45) is 0 Å². The summed E-state index contributed by atoms with van der Waals surface area (Å²) in [4.78, 5) is 2.08. The second kappa shape index (κ2) is 4.77. The lowest BCUT2D eigenvalue weighted by molar-refractivity contribution is 0.288. The van der Waals surface area contributed by atoms with Crippen molar-refractivity contribution in [2.75, 3.05) is 14.1 Å². The highest BCUT2D eigenvalue weighted by atomic mass is 35.5. The van der Waals surface area contributed by atoms with Crippen LogP contribution in [0.4, 0.5) is 0 Å². The van der Waals surface area contributed by atoms with E-state index in [9.17, 15) is 0 Å². The summed E-state index contributed by atoms with van der Waals surface area (Å²) in [7, 11) is 4.96. The van der Waals surface area contributed by atoms with E-state index in [1.165, 1.54) is 0 Å². The number of hydrogen-bond acceptors (Lipinski definition) is 2. The van der Waals surface area contributed by atoms with Gasteiger partial charge in [0.2, 0.25) is 0 Å². The molecule has 0 aliphatic rings. The highest BCUT2D eigenvalue weighted by molar-refractivity contribution is 6.52. The average molecular weight is 179 g/mol. The molecule has 0 heterocycles. The topological polar surface area (TPSA) is 15.3 Å². The minimum absolute atomic E-state index is 0.350. The monoisotopic (exact) mass is 178 g/mol. The molecule has 0 saturated carbocycles. The van der Waals surface area contributed by atoms with Crippen LogP contribution in [0.25, 0.3) is 0 Å². The molecular formula is C6H15ClN2Si. The minimum Gasteiger partial charge on any atom is -0.375 e. The molecule has 0 amide bonds. The van der Waals surface area contributed by atoms with Gasteiger partial charge in [0, 0.05) is 10.9 Å². The predicted molar refractivity (Wildman–Crippen MR) is 50.2 cm³/mol. The molecule has 0 bridgehead atoms. The van der Waals surface area contributed by atoms with Gasteiger partial charge in [-0.15, -0.1) is 0 Å². The summed E-state index contributed by atoms with van der Waals surface area (Å²) in [6.45, 7) is 2.08. The Kier molecular flexibility index (Phi) is 4.77. The van der Waals surface area contributed by atoms with Crippen molar-refractivity contribution >= 4 is 21.8 Å². The van der Waals surface area contributed by atoms with Crippen molar-refractivity contribution in [2.45, 2.75) is 13.1 Å². The molecule has 0 radical (unpaired) electrons. The Labute approximate surface area is 70.7 Å². The van der Waals surface area contributed by atoms with Crippen LogP contribution in [0.1, 0.15) is 6.92 Å². The zero-order chi connectivity index (χ0) is 8.15. The molecule has 0 spiro atoms. The molecule has 1 unspecified atom stereocenters. The van der Waals surface area contributed by atoms with Crippen molar-refractivity contribution in [1.29, 1.82) is 0 Å². The van der Waals surface area contributed by atoms with Crippen LogP contribution in [-0.2, 0) is 0 Å². The standard InChI is InChI=1S/C6H15ClN2Si/c1-5(9(2)3)8-4-6(7)10/h4-5,8H,1-3,10H3. The average Bonchev–Trinajstić information content (AvgIpc) is 1.82. The molecule has 0 saturated heterocycles. The van der Waals surface area contributed by atoms with Crippen LogP contribution in [0.3, 0.4) is 0 Å². The summed E-state index contributed by atoms with van der Waals surface area (Å²) in [5, 5.41) is 3.15. The molecule has 2 nitrogen and oxygen atoms in total. The van der Waals surface area contributed by atoms with Crippen LogP contribution in [0.2, 0.25) is 0 Å². The van der Waals surface area contributed by atoms with Crippen LogP contribution < -0.4 is 5.32 Å². The fraction of sp³-hybridized carbons (Fsp3) is 0.667. The molecule has 0 aliphatic heterocycles. The van der Waals surface area contributed by atoms with Gasteiger partial charge in [0.1, 0.15) is 0 Å². The third-order valence-corrected chi connectivity index (χ3v) is 1.70. The van der Waals surface area contributed by atoms with Crippen LogP contribution in [0.5, 0.6) is 0 Å². The van der Waals surface area contributed by atoms with Crippen molar-refractivity contribution in [3.8, 4) is 0 Å². The lowest BCUT2D eigenvalue weighted by Crippen LogP contribution is -2.35. The third kappa shape index (κ3) is 4.85. The Hall–Kier alpha value is 0.00688. The predicted octanol–water partition coefficient (Wildman–Crippen LogP) is -0.113. The molecule has 10 heavy (non-hydrogen) atoms. The third-order valence-electron chi connectivity index (χ3n) is 1.30. The van der Waals surface area contributed by atoms with Gasteiger partial charge in [-0.1, -0.05) is 11.6 Å². The molecule has 60 valence electrons. The molecule has 1 N–H and O–H groups in total. The van der Waals surface area contributed by atoms with Crippen molar-refractivity contribution in [3.05, 3.63) is 10.9 Å². The molecular weight excluding hydrogens is 164 g/mol. The van der Waals surface area contributed by atoms with Crippen molar-refractivity contribution in [1.82, 2.24) is 10.2 Å². The van der Waals surface area contributed by atoms with E-state index in [1.54, 1.807) is 0 Å². The van der Waals surface area contributed by atoms with E-state index in [4.69, 9.17) is 11.6 Å². The normalized spacial score (nSPS) is 15.9. The molecule has 0 aliphatic carbocycles. The minimum atomic E-state index is 0.350. The summed E-state index contributed by atoms with van der Waals surface area (Å²) in [5.41, 5.74) is 0. The van der Waals surface area contributed by atoms with Gasteiger partial charge in [-0.25, -0.2) is 0 Å². The smallest absolute Gasteiger partial charge is 0.0754 e. The Morgan fingerprint density at radius 2 is 2.20 bits per heavy atom. The van der Waals surface area contributed by atoms with E-state index < -0.39 is 0 Å². The first-order valence-corrected chi connectivity index (χ1v) is 4.66. The van der Waals surface area contributed by atoms with Gasteiger partial charge >= 0.3 is 0 Å². The Balaban J connectivity index is 3.59. The molecule has 0 aromatic rings. The molecule has 0 rings (SSSR count). The summed E-state index contributed by atoms with van der Waals surface area (Å²) in [6, 6.07) is 0.